The Morgan fingerprint density at radius 1 is 1.05 bits per heavy atom. The maximum absolute atomic E-state index is 12.4. The minimum atomic E-state index is -0.692. The van der Waals surface area contributed by atoms with Crippen LogP contribution in [0.3, 0.4) is 0 Å². The van der Waals surface area contributed by atoms with Crippen LogP contribution in [0.2, 0.25) is 0 Å². The van der Waals surface area contributed by atoms with Crippen molar-refractivity contribution < 1.29 is 4.79 Å². The van der Waals surface area contributed by atoms with Gasteiger partial charge < -0.3 is 10.6 Å². The fourth-order valence-corrected chi connectivity index (χ4v) is 2.66. The summed E-state index contributed by atoms with van der Waals surface area (Å²) in [6, 6.07) is 0. The average molecular weight is 283 g/mol. The van der Waals surface area contributed by atoms with Gasteiger partial charge in [-0.3, -0.25) is 9.69 Å². The predicted octanol–water partition coefficient (Wildman–Crippen LogP) is 2.08. The third kappa shape index (κ3) is 5.41. The molecule has 118 valence electrons. The van der Waals surface area contributed by atoms with Gasteiger partial charge in [0, 0.05) is 26.2 Å². The van der Waals surface area contributed by atoms with Crippen molar-refractivity contribution in [2.75, 3.05) is 32.7 Å². The second kappa shape index (κ2) is 6.90. The zero-order chi connectivity index (χ0) is 15.4. The lowest BCUT2D eigenvalue weighted by Gasteiger charge is -2.39. The first-order valence-electron chi connectivity index (χ1n) is 7.96. The van der Waals surface area contributed by atoms with E-state index in [1.54, 1.807) is 0 Å². The van der Waals surface area contributed by atoms with E-state index in [4.69, 9.17) is 5.73 Å². The number of rotatable bonds is 5. The van der Waals surface area contributed by atoms with Crippen LogP contribution in [-0.2, 0) is 4.79 Å². The lowest BCUT2D eigenvalue weighted by Crippen LogP contribution is -2.58. The molecule has 0 aromatic heterocycles. The quantitative estimate of drug-likeness (QED) is 0.840. The van der Waals surface area contributed by atoms with E-state index in [2.05, 4.69) is 32.6 Å². The second-order valence-electron chi connectivity index (χ2n) is 7.61. The lowest BCUT2D eigenvalue weighted by molar-refractivity contribution is -0.138. The molecule has 1 aliphatic heterocycles. The van der Waals surface area contributed by atoms with Gasteiger partial charge >= 0.3 is 0 Å². The number of hydrogen-bond donors (Lipinski definition) is 1. The maximum Gasteiger partial charge on any atom is 0.242 e. The van der Waals surface area contributed by atoms with E-state index >= 15 is 0 Å². The number of carbonyl (C=O) groups excluding carboxylic acids is 1. The molecule has 1 aliphatic rings. The van der Waals surface area contributed by atoms with E-state index in [-0.39, 0.29) is 5.91 Å². The van der Waals surface area contributed by atoms with Crippen LogP contribution >= 0.6 is 0 Å². The van der Waals surface area contributed by atoms with Crippen LogP contribution in [0.25, 0.3) is 0 Å². The Labute approximate surface area is 124 Å². The topological polar surface area (TPSA) is 49.6 Å². The molecule has 1 atom stereocenters. The molecular formula is C16H33N3O. The summed E-state index contributed by atoms with van der Waals surface area (Å²) < 4.78 is 0. The van der Waals surface area contributed by atoms with Crippen LogP contribution in [0.1, 0.15) is 53.9 Å². The van der Waals surface area contributed by atoms with E-state index in [0.29, 0.717) is 5.41 Å². The van der Waals surface area contributed by atoms with E-state index in [1.165, 1.54) is 6.42 Å². The highest BCUT2D eigenvalue weighted by atomic mass is 16.2. The van der Waals surface area contributed by atoms with Gasteiger partial charge in [0.25, 0.3) is 0 Å². The summed E-state index contributed by atoms with van der Waals surface area (Å²) >= 11 is 0. The van der Waals surface area contributed by atoms with Crippen LogP contribution in [0.4, 0.5) is 0 Å². The molecular weight excluding hydrogens is 250 g/mol. The first kappa shape index (κ1) is 17.4. The molecule has 4 heteroatoms. The van der Waals surface area contributed by atoms with Gasteiger partial charge in [-0.05, 0) is 31.7 Å². The zero-order valence-electron chi connectivity index (χ0n) is 14.0. The van der Waals surface area contributed by atoms with Crippen LogP contribution in [0.15, 0.2) is 0 Å². The van der Waals surface area contributed by atoms with Gasteiger partial charge in [-0.15, -0.1) is 0 Å². The summed E-state index contributed by atoms with van der Waals surface area (Å²) in [5.41, 5.74) is 5.83. The van der Waals surface area contributed by atoms with Crippen molar-refractivity contribution in [1.29, 1.82) is 0 Å². The van der Waals surface area contributed by atoms with Crippen molar-refractivity contribution in [2.45, 2.75) is 59.4 Å². The van der Waals surface area contributed by atoms with Crippen LogP contribution in [0, 0.1) is 5.41 Å². The van der Waals surface area contributed by atoms with Crippen molar-refractivity contribution >= 4 is 5.91 Å². The van der Waals surface area contributed by atoms with Gasteiger partial charge in [0.15, 0.2) is 0 Å². The molecule has 2 N–H and O–H groups in total. The predicted molar refractivity (Wildman–Crippen MR) is 84.6 cm³/mol. The molecule has 1 unspecified atom stereocenters. The summed E-state index contributed by atoms with van der Waals surface area (Å²) in [7, 11) is 0. The van der Waals surface area contributed by atoms with Gasteiger partial charge in [0.1, 0.15) is 0 Å². The maximum atomic E-state index is 12.4. The molecule has 0 bridgehead atoms. The highest BCUT2D eigenvalue weighted by Crippen LogP contribution is 2.20. The third-order valence-corrected chi connectivity index (χ3v) is 4.10. The highest BCUT2D eigenvalue weighted by molar-refractivity contribution is 5.85. The normalized spacial score (nSPS) is 20.8. The third-order valence-electron chi connectivity index (χ3n) is 4.10. The van der Waals surface area contributed by atoms with Crippen molar-refractivity contribution in [2.24, 2.45) is 11.1 Å². The number of piperazine rings is 1. The molecule has 1 amide bonds. The molecule has 0 saturated carbocycles. The van der Waals surface area contributed by atoms with Crippen LogP contribution in [-0.4, -0.2) is 54.0 Å². The zero-order valence-corrected chi connectivity index (χ0v) is 14.0. The van der Waals surface area contributed by atoms with E-state index < -0.39 is 5.54 Å². The molecule has 1 saturated heterocycles. The summed E-state index contributed by atoms with van der Waals surface area (Å²) in [5, 5.41) is 0. The Morgan fingerprint density at radius 3 is 2.05 bits per heavy atom. The summed E-state index contributed by atoms with van der Waals surface area (Å²) in [5.74, 6) is 0.120. The van der Waals surface area contributed by atoms with Gasteiger partial charge in [0.2, 0.25) is 5.91 Å². The molecule has 0 spiro atoms. The lowest BCUT2D eigenvalue weighted by atomic mass is 9.92. The van der Waals surface area contributed by atoms with Gasteiger partial charge in [-0.2, -0.15) is 0 Å². The molecule has 0 aromatic rings. The molecule has 0 aromatic carbocycles. The Bertz CT molecular complexity index is 312. The Kier molecular flexibility index (Phi) is 6.02. The van der Waals surface area contributed by atoms with Crippen molar-refractivity contribution in [3.05, 3.63) is 0 Å². The summed E-state index contributed by atoms with van der Waals surface area (Å²) in [4.78, 5) is 16.8. The van der Waals surface area contributed by atoms with Crippen LogP contribution < -0.4 is 5.73 Å². The van der Waals surface area contributed by atoms with E-state index in [0.717, 1.165) is 45.6 Å². The number of nitrogens with zero attached hydrogens (tertiary/aromatic N) is 2. The van der Waals surface area contributed by atoms with E-state index in [1.807, 2.05) is 11.8 Å². The first-order valence-corrected chi connectivity index (χ1v) is 7.96. The summed E-state index contributed by atoms with van der Waals surface area (Å²) in [6.45, 7) is 15.5. The monoisotopic (exact) mass is 283 g/mol. The smallest absolute Gasteiger partial charge is 0.242 e. The van der Waals surface area contributed by atoms with Crippen LogP contribution in [0.5, 0.6) is 0 Å². The summed E-state index contributed by atoms with van der Waals surface area (Å²) in [6.07, 6.45) is 2.91. The number of nitrogens with two attached hydrogens (primary N) is 1. The minimum absolute atomic E-state index is 0.120. The van der Waals surface area contributed by atoms with Gasteiger partial charge in [-0.1, -0.05) is 34.1 Å². The van der Waals surface area contributed by atoms with E-state index in [9.17, 15) is 4.79 Å². The molecule has 20 heavy (non-hydrogen) atoms. The highest BCUT2D eigenvalue weighted by Gasteiger charge is 2.33. The SMILES string of the molecule is CCCC(C)(N)C(=O)N1CCN(CCC(C)(C)C)CC1. The second-order valence-corrected chi connectivity index (χ2v) is 7.61. The Morgan fingerprint density at radius 2 is 1.60 bits per heavy atom. The molecule has 0 aliphatic carbocycles. The van der Waals surface area contributed by atoms with Gasteiger partial charge in [0.05, 0.1) is 5.54 Å². The van der Waals surface area contributed by atoms with Gasteiger partial charge in [-0.25, -0.2) is 0 Å². The number of amides is 1. The average Bonchev–Trinajstić information content (AvgIpc) is 2.35. The molecule has 1 rings (SSSR count). The molecule has 4 nitrogen and oxygen atoms in total. The van der Waals surface area contributed by atoms with Crippen molar-refractivity contribution in [3.63, 3.8) is 0 Å². The number of hydrogen-bond acceptors (Lipinski definition) is 3. The van der Waals surface area contributed by atoms with Crippen molar-refractivity contribution in [3.8, 4) is 0 Å². The Balaban J connectivity index is 2.40. The molecule has 0 radical (unpaired) electrons. The standard InChI is InChI=1S/C16H33N3O/c1-6-7-16(5,17)14(20)19-12-10-18(11-13-19)9-8-15(2,3)4/h6-13,17H2,1-5H3. The molecule has 1 fully saturated rings. The largest absolute Gasteiger partial charge is 0.339 e. The first-order chi connectivity index (χ1) is 9.15. The Hall–Kier alpha value is -0.610. The molecule has 1 heterocycles. The fourth-order valence-electron chi connectivity index (χ4n) is 2.66. The van der Waals surface area contributed by atoms with Crippen molar-refractivity contribution in [1.82, 2.24) is 9.80 Å². The number of carbonyl (C=O) groups is 1. The minimum Gasteiger partial charge on any atom is -0.339 e. The fraction of sp³-hybridized carbons (Fsp3) is 0.938.